The number of halogens is 1. The van der Waals surface area contributed by atoms with Gasteiger partial charge < -0.3 is 11.1 Å². The minimum atomic E-state index is -0.546. The Balaban J connectivity index is 2.14. The Morgan fingerprint density at radius 2 is 2.20 bits per heavy atom. The Kier molecular flexibility index (Phi) is 3.99. The van der Waals surface area contributed by atoms with E-state index in [0.717, 1.165) is 4.90 Å². The minimum Gasteiger partial charge on any atom is -0.389 e. The fraction of sp³-hybridized carbons (Fsp3) is 0.308. The molecule has 0 spiro atoms. The third kappa shape index (κ3) is 2.77. The van der Waals surface area contributed by atoms with Crippen LogP contribution in [0.25, 0.3) is 0 Å². The van der Waals surface area contributed by atoms with E-state index in [1.807, 2.05) is 0 Å². The fourth-order valence-electron chi connectivity index (χ4n) is 2.06. The topological polar surface area (TPSA) is 75.4 Å². The number of hydrogen-bond acceptors (Lipinski definition) is 4. The zero-order valence-corrected chi connectivity index (χ0v) is 11.7. The highest BCUT2D eigenvalue weighted by molar-refractivity contribution is 7.80. The number of likely N-dealkylation sites (tertiary alicyclic amines) is 1. The molecule has 0 aromatic heterocycles. The Hall–Kier alpha value is -2.02. The molecule has 20 heavy (non-hydrogen) atoms. The normalized spacial score (nSPS) is 19.1. The van der Waals surface area contributed by atoms with Crippen LogP contribution in [0.15, 0.2) is 18.2 Å². The monoisotopic (exact) mass is 295 g/mol. The molecule has 3 N–H and O–H groups in total. The van der Waals surface area contributed by atoms with E-state index in [9.17, 15) is 14.0 Å². The lowest BCUT2D eigenvalue weighted by atomic mass is 10.0. The van der Waals surface area contributed by atoms with Gasteiger partial charge in [-0.25, -0.2) is 4.39 Å². The summed E-state index contributed by atoms with van der Waals surface area (Å²) in [7, 11) is 1.44. The maximum Gasteiger partial charge on any atom is 0.251 e. The molecule has 0 radical (unpaired) electrons. The largest absolute Gasteiger partial charge is 0.389 e. The summed E-state index contributed by atoms with van der Waals surface area (Å²) < 4.78 is 13.7. The van der Waals surface area contributed by atoms with E-state index < -0.39 is 11.9 Å². The molecule has 1 heterocycles. The van der Waals surface area contributed by atoms with Crippen molar-refractivity contribution < 1.29 is 14.0 Å². The number of benzene rings is 1. The second-order valence-corrected chi connectivity index (χ2v) is 5.03. The van der Waals surface area contributed by atoms with E-state index in [1.165, 1.54) is 19.2 Å². The zero-order valence-electron chi connectivity index (χ0n) is 10.9. The number of nitrogens with two attached hydrogens (primary N) is 1. The number of nitrogens with zero attached hydrogens (tertiary/aromatic N) is 1. The predicted octanol–water partition coefficient (Wildman–Crippen LogP) is 1.02. The molecule has 0 bridgehead atoms. The summed E-state index contributed by atoms with van der Waals surface area (Å²) in [5.41, 5.74) is 5.98. The van der Waals surface area contributed by atoms with Crippen molar-refractivity contribution in [3.8, 4) is 0 Å². The zero-order chi connectivity index (χ0) is 14.9. The Labute approximate surface area is 120 Å². The first kappa shape index (κ1) is 14.4. The first-order chi connectivity index (χ1) is 9.40. The number of carbonyl (C=O) groups excluding carboxylic acids is 2. The molecule has 1 aromatic rings. The summed E-state index contributed by atoms with van der Waals surface area (Å²) in [6.07, 6.45) is 0.675. The van der Waals surface area contributed by atoms with Crippen molar-refractivity contribution in [3.05, 3.63) is 29.6 Å². The maximum absolute atomic E-state index is 13.7. The quantitative estimate of drug-likeness (QED) is 0.643. The third-order valence-electron chi connectivity index (χ3n) is 3.23. The summed E-state index contributed by atoms with van der Waals surface area (Å²) in [6, 6.07) is 3.76. The number of hydrogen-bond donors (Lipinski definition) is 2. The van der Waals surface area contributed by atoms with Gasteiger partial charge in [-0.2, -0.15) is 0 Å². The van der Waals surface area contributed by atoms with Crippen LogP contribution >= 0.6 is 12.2 Å². The molecule has 0 saturated carbocycles. The number of likely N-dealkylation sites (N-methyl/N-ethyl adjacent to an activating group) is 1. The molecule has 7 heteroatoms. The average Bonchev–Trinajstić information content (AvgIpc) is 2.39. The van der Waals surface area contributed by atoms with E-state index in [0.29, 0.717) is 12.1 Å². The van der Waals surface area contributed by atoms with Crippen molar-refractivity contribution in [2.24, 2.45) is 5.73 Å². The molecule has 5 nitrogen and oxygen atoms in total. The molecule has 2 amide bonds. The maximum atomic E-state index is 13.7. The van der Waals surface area contributed by atoms with Gasteiger partial charge in [0.05, 0.1) is 0 Å². The van der Waals surface area contributed by atoms with Gasteiger partial charge in [0.1, 0.15) is 16.8 Å². The number of anilines is 1. The highest BCUT2D eigenvalue weighted by Gasteiger charge is 2.31. The van der Waals surface area contributed by atoms with Crippen LogP contribution in [0.5, 0.6) is 0 Å². The molecule has 1 atom stereocenters. The van der Waals surface area contributed by atoms with Crippen molar-refractivity contribution in [2.75, 3.05) is 12.4 Å². The number of rotatable bonds is 3. The predicted molar refractivity (Wildman–Crippen MR) is 76.7 cm³/mol. The SMILES string of the molecule is CN1C(=O)CCC(Nc2ccc(C(N)=S)c(F)c2)C1=O. The number of imide groups is 1. The molecule has 106 valence electrons. The van der Waals surface area contributed by atoms with Crippen LogP contribution in [0.2, 0.25) is 0 Å². The van der Waals surface area contributed by atoms with Crippen molar-refractivity contribution >= 4 is 34.7 Å². The Bertz CT molecular complexity index is 591. The lowest BCUT2D eigenvalue weighted by Gasteiger charge is -2.28. The van der Waals surface area contributed by atoms with Gasteiger partial charge >= 0.3 is 0 Å². The second kappa shape index (κ2) is 5.54. The molecule has 0 aliphatic carbocycles. The molecule has 1 aliphatic heterocycles. The van der Waals surface area contributed by atoms with Crippen molar-refractivity contribution in [3.63, 3.8) is 0 Å². The van der Waals surface area contributed by atoms with Gasteiger partial charge in [-0.05, 0) is 24.6 Å². The first-order valence-corrected chi connectivity index (χ1v) is 6.47. The summed E-state index contributed by atoms with van der Waals surface area (Å²) in [6.45, 7) is 0. The van der Waals surface area contributed by atoms with Crippen molar-refractivity contribution in [2.45, 2.75) is 18.9 Å². The third-order valence-corrected chi connectivity index (χ3v) is 3.45. The standard InChI is InChI=1S/C13H14FN3O2S/c1-17-11(18)5-4-10(13(17)19)16-7-2-3-8(12(15)20)9(14)6-7/h2-3,6,10,16H,4-5H2,1H3,(H2,15,20). The summed E-state index contributed by atoms with van der Waals surface area (Å²) >= 11 is 4.72. The van der Waals surface area contributed by atoms with Crippen LogP contribution in [-0.2, 0) is 9.59 Å². The van der Waals surface area contributed by atoms with Gasteiger partial charge in [0.25, 0.3) is 5.91 Å². The number of piperidine rings is 1. The molecule has 1 fully saturated rings. The second-order valence-electron chi connectivity index (χ2n) is 4.59. The lowest BCUT2D eigenvalue weighted by molar-refractivity contribution is -0.146. The molecule has 1 aromatic carbocycles. The van der Waals surface area contributed by atoms with E-state index >= 15 is 0 Å². The average molecular weight is 295 g/mol. The number of nitrogens with one attached hydrogen (secondary N) is 1. The molecule has 1 aliphatic rings. The molecular formula is C13H14FN3O2S. The van der Waals surface area contributed by atoms with Gasteiger partial charge in [-0.3, -0.25) is 14.5 Å². The van der Waals surface area contributed by atoms with Crippen LogP contribution in [0.4, 0.5) is 10.1 Å². The summed E-state index contributed by atoms with van der Waals surface area (Å²) in [5.74, 6) is -1.07. The minimum absolute atomic E-state index is 0.0203. The van der Waals surface area contributed by atoms with Gasteiger partial charge in [0, 0.05) is 24.7 Å². The Morgan fingerprint density at radius 3 is 2.80 bits per heavy atom. The first-order valence-electron chi connectivity index (χ1n) is 6.06. The highest BCUT2D eigenvalue weighted by Crippen LogP contribution is 2.19. The molecule has 1 unspecified atom stereocenters. The van der Waals surface area contributed by atoms with Gasteiger partial charge in [-0.1, -0.05) is 12.2 Å². The van der Waals surface area contributed by atoms with Crippen LogP contribution < -0.4 is 11.1 Å². The number of amides is 2. The van der Waals surface area contributed by atoms with Crippen LogP contribution in [0.1, 0.15) is 18.4 Å². The molecular weight excluding hydrogens is 281 g/mol. The Morgan fingerprint density at radius 1 is 1.50 bits per heavy atom. The summed E-state index contributed by atoms with van der Waals surface area (Å²) in [5, 5.41) is 2.92. The van der Waals surface area contributed by atoms with Crippen LogP contribution in [-0.4, -0.2) is 34.8 Å². The van der Waals surface area contributed by atoms with Gasteiger partial charge in [0.2, 0.25) is 5.91 Å². The molecule has 2 rings (SSSR count). The smallest absolute Gasteiger partial charge is 0.251 e. The van der Waals surface area contributed by atoms with Gasteiger partial charge in [-0.15, -0.1) is 0 Å². The fourth-order valence-corrected chi connectivity index (χ4v) is 2.22. The van der Waals surface area contributed by atoms with E-state index in [-0.39, 0.29) is 28.8 Å². The van der Waals surface area contributed by atoms with E-state index in [1.54, 1.807) is 6.07 Å². The lowest BCUT2D eigenvalue weighted by Crippen LogP contribution is -2.48. The van der Waals surface area contributed by atoms with Crippen molar-refractivity contribution in [1.29, 1.82) is 0 Å². The number of carbonyl (C=O) groups is 2. The van der Waals surface area contributed by atoms with Crippen LogP contribution in [0.3, 0.4) is 0 Å². The number of thiocarbonyl (C=S) groups is 1. The van der Waals surface area contributed by atoms with E-state index in [2.05, 4.69) is 5.32 Å². The highest BCUT2D eigenvalue weighted by atomic mass is 32.1. The van der Waals surface area contributed by atoms with Crippen LogP contribution in [0, 0.1) is 5.82 Å². The van der Waals surface area contributed by atoms with Gasteiger partial charge in [0.15, 0.2) is 0 Å². The molecule has 1 saturated heterocycles. The van der Waals surface area contributed by atoms with E-state index in [4.69, 9.17) is 18.0 Å². The summed E-state index contributed by atoms with van der Waals surface area (Å²) in [4.78, 5) is 24.3. The van der Waals surface area contributed by atoms with Crippen molar-refractivity contribution in [1.82, 2.24) is 4.90 Å².